The molecule has 0 aliphatic rings. The van der Waals surface area contributed by atoms with Crippen molar-refractivity contribution in [3.05, 3.63) is 123 Å². The molecule has 0 spiro atoms. The fourth-order valence-corrected chi connectivity index (χ4v) is 4.98. The normalized spacial score (nSPS) is 11.5. The van der Waals surface area contributed by atoms with Crippen LogP contribution >= 0.6 is 31.9 Å². The summed E-state index contributed by atoms with van der Waals surface area (Å²) in [5.41, 5.74) is 4.99. The number of nitrogens with zero attached hydrogens (tertiary/aromatic N) is 4. The minimum absolute atomic E-state index is 0.0967. The van der Waals surface area contributed by atoms with Gasteiger partial charge in [0.15, 0.2) is 0 Å². The number of phenolic OH excluding ortho intramolecular Hbond substituents is 1. The SMILES string of the molecule is Oc1c(Br)cc(Br)cc1C=Nc1nc(-c2ccccc2)c(-c2ccccc2)n1/N=C/c1ccccc1. The lowest BCUT2D eigenvalue weighted by Gasteiger charge is -2.07. The number of hydrogen-bond acceptors (Lipinski definition) is 4. The Labute approximate surface area is 225 Å². The number of phenols is 1. The van der Waals surface area contributed by atoms with E-state index < -0.39 is 0 Å². The molecule has 0 radical (unpaired) electrons. The molecule has 0 bridgehead atoms. The van der Waals surface area contributed by atoms with Crippen molar-refractivity contribution in [2.45, 2.75) is 0 Å². The number of imidazole rings is 1. The molecule has 7 heteroatoms. The Bertz CT molecular complexity index is 1550. The first-order valence-corrected chi connectivity index (χ1v) is 12.7. The van der Waals surface area contributed by atoms with Crippen molar-refractivity contribution in [2.24, 2.45) is 10.1 Å². The summed E-state index contributed by atoms with van der Waals surface area (Å²) in [6.45, 7) is 0. The van der Waals surface area contributed by atoms with Crippen molar-refractivity contribution in [3.63, 3.8) is 0 Å². The lowest BCUT2D eigenvalue weighted by atomic mass is 10.1. The van der Waals surface area contributed by atoms with Gasteiger partial charge in [0.2, 0.25) is 0 Å². The molecule has 5 nitrogen and oxygen atoms in total. The minimum Gasteiger partial charge on any atom is -0.506 e. The van der Waals surface area contributed by atoms with Crippen molar-refractivity contribution >= 4 is 50.2 Å². The number of aromatic nitrogens is 2. The molecule has 0 amide bonds. The van der Waals surface area contributed by atoms with Crippen LogP contribution in [0.25, 0.3) is 22.5 Å². The lowest BCUT2D eigenvalue weighted by molar-refractivity contribution is 0.471. The first-order valence-electron chi connectivity index (χ1n) is 11.2. The van der Waals surface area contributed by atoms with Crippen LogP contribution in [0.3, 0.4) is 0 Å². The van der Waals surface area contributed by atoms with Crippen molar-refractivity contribution in [2.75, 3.05) is 0 Å². The summed E-state index contributed by atoms with van der Waals surface area (Å²) in [6, 6.07) is 33.4. The zero-order chi connectivity index (χ0) is 24.9. The number of benzene rings is 4. The summed E-state index contributed by atoms with van der Waals surface area (Å²) < 4.78 is 3.12. The van der Waals surface area contributed by atoms with E-state index in [1.165, 1.54) is 0 Å². The predicted octanol–water partition coefficient (Wildman–Crippen LogP) is 8.08. The average Bonchev–Trinajstić information content (AvgIpc) is 3.28. The Morgan fingerprint density at radius 3 is 2.03 bits per heavy atom. The van der Waals surface area contributed by atoms with Crippen LogP contribution in [0.4, 0.5) is 5.95 Å². The quantitative estimate of drug-likeness (QED) is 0.201. The Hall–Kier alpha value is -3.81. The summed E-state index contributed by atoms with van der Waals surface area (Å²) in [6.07, 6.45) is 3.38. The van der Waals surface area contributed by atoms with E-state index >= 15 is 0 Å². The zero-order valence-corrected chi connectivity index (χ0v) is 22.1. The Morgan fingerprint density at radius 1 is 0.750 bits per heavy atom. The number of rotatable bonds is 6. The highest BCUT2D eigenvalue weighted by atomic mass is 79.9. The van der Waals surface area contributed by atoms with E-state index in [1.54, 1.807) is 29.2 Å². The van der Waals surface area contributed by atoms with E-state index in [0.29, 0.717) is 16.0 Å². The van der Waals surface area contributed by atoms with E-state index in [4.69, 9.17) is 10.1 Å². The minimum atomic E-state index is 0.0967. The molecule has 5 aromatic rings. The van der Waals surface area contributed by atoms with Gasteiger partial charge in [-0.05, 0) is 33.6 Å². The number of halogens is 2. The van der Waals surface area contributed by atoms with Crippen LogP contribution in [0.5, 0.6) is 5.75 Å². The van der Waals surface area contributed by atoms with Crippen molar-refractivity contribution < 1.29 is 5.11 Å². The van der Waals surface area contributed by atoms with Gasteiger partial charge in [-0.3, -0.25) is 0 Å². The summed E-state index contributed by atoms with van der Waals surface area (Å²) in [7, 11) is 0. The molecule has 0 fully saturated rings. The molecule has 1 aromatic heterocycles. The molecular formula is C29H20Br2N4O. The van der Waals surface area contributed by atoms with Gasteiger partial charge in [0.1, 0.15) is 17.1 Å². The first-order chi connectivity index (χ1) is 17.6. The fraction of sp³-hybridized carbons (Fsp3) is 0. The van der Waals surface area contributed by atoms with Gasteiger partial charge >= 0.3 is 0 Å². The lowest BCUT2D eigenvalue weighted by Crippen LogP contribution is -1.95. The second-order valence-electron chi connectivity index (χ2n) is 7.89. The summed E-state index contributed by atoms with van der Waals surface area (Å²) in [5, 5.41) is 15.3. The molecule has 1 N–H and O–H groups in total. The van der Waals surface area contributed by atoms with Gasteiger partial charge in [-0.2, -0.15) is 9.78 Å². The number of aromatic hydroxyl groups is 1. The van der Waals surface area contributed by atoms with E-state index in [1.807, 2.05) is 91.0 Å². The smallest absolute Gasteiger partial charge is 0.251 e. The largest absolute Gasteiger partial charge is 0.506 e. The molecule has 176 valence electrons. The second-order valence-corrected chi connectivity index (χ2v) is 9.66. The van der Waals surface area contributed by atoms with Crippen LogP contribution < -0.4 is 0 Å². The van der Waals surface area contributed by atoms with Crippen LogP contribution in [0, 0.1) is 0 Å². The van der Waals surface area contributed by atoms with Crippen molar-refractivity contribution in [1.29, 1.82) is 0 Å². The average molecular weight is 600 g/mol. The predicted molar refractivity (Wildman–Crippen MR) is 153 cm³/mol. The molecule has 0 aliphatic carbocycles. The molecule has 0 saturated carbocycles. The molecule has 0 aliphatic heterocycles. The summed E-state index contributed by atoms with van der Waals surface area (Å²) in [4.78, 5) is 9.58. The maximum absolute atomic E-state index is 10.5. The monoisotopic (exact) mass is 598 g/mol. The van der Waals surface area contributed by atoms with E-state index in [0.717, 1.165) is 32.6 Å². The highest BCUT2D eigenvalue weighted by molar-refractivity contribution is 9.11. The van der Waals surface area contributed by atoms with Gasteiger partial charge < -0.3 is 5.11 Å². The van der Waals surface area contributed by atoms with Gasteiger partial charge in [-0.25, -0.2) is 9.98 Å². The topological polar surface area (TPSA) is 62.8 Å². The number of aliphatic imine (C=N–C) groups is 1. The highest BCUT2D eigenvalue weighted by Gasteiger charge is 2.20. The molecule has 4 aromatic carbocycles. The fourth-order valence-electron chi connectivity index (χ4n) is 3.72. The Kier molecular flexibility index (Phi) is 7.21. The van der Waals surface area contributed by atoms with Crippen molar-refractivity contribution in [3.8, 4) is 28.3 Å². The van der Waals surface area contributed by atoms with Crippen molar-refractivity contribution in [1.82, 2.24) is 9.66 Å². The van der Waals surface area contributed by atoms with Crippen LogP contribution in [0.15, 0.2) is 122 Å². The number of hydrogen-bond donors (Lipinski definition) is 1. The van der Waals surface area contributed by atoms with Crippen LogP contribution in [0.2, 0.25) is 0 Å². The Morgan fingerprint density at radius 2 is 1.36 bits per heavy atom. The molecule has 36 heavy (non-hydrogen) atoms. The zero-order valence-electron chi connectivity index (χ0n) is 19.0. The third kappa shape index (κ3) is 5.22. The van der Waals surface area contributed by atoms with E-state index in [2.05, 4.69) is 36.9 Å². The molecule has 5 rings (SSSR count). The molecule has 0 saturated heterocycles. The van der Waals surface area contributed by atoms with Gasteiger partial charge in [0.25, 0.3) is 5.95 Å². The maximum atomic E-state index is 10.5. The third-order valence-electron chi connectivity index (χ3n) is 5.43. The van der Waals surface area contributed by atoms with Crippen LogP contribution in [-0.4, -0.2) is 27.2 Å². The van der Waals surface area contributed by atoms with Gasteiger partial charge in [0, 0.05) is 27.4 Å². The molecule has 0 atom stereocenters. The summed E-state index contributed by atoms with van der Waals surface area (Å²) >= 11 is 6.85. The second kappa shape index (κ2) is 10.8. The molecule has 0 unspecified atom stereocenters. The van der Waals surface area contributed by atoms with Crippen LogP contribution in [0.1, 0.15) is 11.1 Å². The van der Waals surface area contributed by atoms with Gasteiger partial charge in [-0.15, -0.1) is 0 Å². The summed E-state index contributed by atoms with van der Waals surface area (Å²) in [5.74, 6) is 0.481. The standard InChI is InChI=1S/C29H20Br2N4O/c30-24-16-23(28(36)25(31)17-24)19-32-29-34-26(21-12-6-2-7-13-21)27(22-14-8-3-9-15-22)35(29)33-18-20-10-4-1-5-11-20/h1-19,36H/b32-19?,33-18+. The Balaban J connectivity index is 1.72. The highest BCUT2D eigenvalue weighted by Crippen LogP contribution is 2.36. The van der Waals surface area contributed by atoms with Crippen LogP contribution in [-0.2, 0) is 0 Å². The molecule has 1 heterocycles. The molecular weight excluding hydrogens is 580 g/mol. The maximum Gasteiger partial charge on any atom is 0.251 e. The first kappa shape index (κ1) is 23.9. The third-order valence-corrected chi connectivity index (χ3v) is 6.49. The van der Waals surface area contributed by atoms with Gasteiger partial charge in [-0.1, -0.05) is 107 Å². The van der Waals surface area contributed by atoms with E-state index in [-0.39, 0.29) is 5.75 Å². The van der Waals surface area contributed by atoms with E-state index in [9.17, 15) is 5.11 Å². The van der Waals surface area contributed by atoms with Gasteiger partial charge in [0.05, 0.1) is 10.7 Å².